The smallest absolute Gasteiger partial charge is 0.410 e. The van der Waals surface area contributed by atoms with Crippen molar-refractivity contribution in [3.05, 3.63) is 0 Å². The second-order valence-corrected chi connectivity index (χ2v) is 8.51. The van der Waals surface area contributed by atoms with Crippen molar-refractivity contribution in [3.63, 3.8) is 0 Å². The maximum absolute atomic E-state index is 12.2. The molecule has 5 heteroatoms. The number of hydrogen-bond donors (Lipinski definition) is 1. The molecule has 130 valence electrons. The minimum absolute atomic E-state index is 0.180. The van der Waals surface area contributed by atoms with Gasteiger partial charge in [-0.25, -0.2) is 4.79 Å². The summed E-state index contributed by atoms with van der Waals surface area (Å²) in [7, 11) is 0. The molecule has 1 saturated heterocycles. The molecule has 1 rings (SSSR count). The summed E-state index contributed by atoms with van der Waals surface area (Å²) in [5, 5.41) is 3.69. The summed E-state index contributed by atoms with van der Waals surface area (Å²) in [5.74, 6) is 0. The molecule has 1 atom stereocenters. The molecule has 1 fully saturated rings. The fourth-order valence-corrected chi connectivity index (χ4v) is 3.63. The number of nitrogens with zero attached hydrogens (tertiary/aromatic N) is 1. The zero-order valence-electron chi connectivity index (χ0n) is 15.2. The Morgan fingerprint density at radius 3 is 2.45 bits per heavy atom. The molecule has 0 spiro atoms. The molecule has 0 aromatic rings. The molecule has 1 amide bonds. The summed E-state index contributed by atoms with van der Waals surface area (Å²) in [6, 6.07) is 0.380. The summed E-state index contributed by atoms with van der Waals surface area (Å²) >= 11 is 1.95. The zero-order valence-corrected chi connectivity index (χ0v) is 16.0. The van der Waals surface area contributed by atoms with Gasteiger partial charge in [0.1, 0.15) is 5.60 Å². The highest BCUT2D eigenvalue weighted by molar-refractivity contribution is 8.00. The molecule has 1 heterocycles. The van der Waals surface area contributed by atoms with E-state index >= 15 is 0 Å². The van der Waals surface area contributed by atoms with Crippen molar-refractivity contribution in [2.75, 3.05) is 25.9 Å². The first-order valence-electron chi connectivity index (χ1n) is 8.51. The molecule has 0 aliphatic carbocycles. The number of rotatable bonds is 6. The average molecular weight is 331 g/mol. The fraction of sp³-hybridized carbons (Fsp3) is 0.941. The molecule has 1 N–H and O–H groups in total. The molecule has 0 aromatic heterocycles. The van der Waals surface area contributed by atoms with Crippen LogP contribution in [0.1, 0.15) is 60.3 Å². The Bertz CT molecular complexity index is 343. The third-order valence-corrected chi connectivity index (χ3v) is 6.10. The summed E-state index contributed by atoms with van der Waals surface area (Å²) in [4.78, 5) is 14.1. The van der Waals surface area contributed by atoms with Crippen LogP contribution in [0, 0.1) is 0 Å². The predicted octanol–water partition coefficient (Wildman–Crippen LogP) is 3.90. The number of thioether (sulfide) groups is 1. The Morgan fingerprint density at radius 1 is 1.32 bits per heavy atom. The summed E-state index contributed by atoms with van der Waals surface area (Å²) in [6.07, 6.45) is 6.53. The van der Waals surface area contributed by atoms with Gasteiger partial charge in [0.2, 0.25) is 0 Å². The van der Waals surface area contributed by atoms with Crippen LogP contribution in [0.5, 0.6) is 0 Å². The van der Waals surface area contributed by atoms with Gasteiger partial charge in [0, 0.05) is 30.4 Å². The van der Waals surface area contributed by atoms with Gasteiger partial charge < -0.3 is 15.0 Å². The summed E-state index contributed by atoms with van der Waals surface area (Å²) in [6.45, 7) is 12.8. The van der Waals surface area contributed by atoms with Crippen LogP contribution in [-0.4, -0.2) is 53.3 Å². The van der Waals surface area contributed by atoms with Gasteiger partial charge in [-0.05, 0) is 52.7 Å². The predicted molar refractivity (Wildman–Crippen MR) is 95.7 cm³/mol. The van der Waals surface area contributed by atoms with Gasteiger partial charge in [0.05, 0.1) is 0 Å². The zero-order chi connectivity index (χ0) is 16.8. The van der Waals surface area contributed by atoms with Crippen LogP contribution in [-0.2, 0) is 4.74 Å². The van der Waals surface area contributed by atoms with Gasteiger partial charge in [0.25, 0.3) is 0 Å². The third kappa shape index (κ3) is 5.99. The van der Waals surface area contributed by atoms with Crippen LogP contribution in [0.2, 0.25) is 0 Å². The maximum atomic E-state index is 12.2. The Morgan fingerprint density at radius 2 is 1.95 bits per heavy atom. The van der Waals surface area contributed by atoms with E-state index in [9.17, 15) is 4.79 Å². The lowest BCUT2D eigenvalue weighted by Gasteiger charge is -2.37. The van der Waals surface area contributed by atoms with Crippen molar-refractivity contribution in [1.82, 2.24) is 10.2 Å². The third-order valence-electron chi connectivity index (χ3n) is 4.51. The lowest BCUT2D eigenvalue weighted by molar-refractivity contribution is 0.0187. The van der Waals surface area contributed by atoms with Crippen LogP contribution in [0.4, 0.5) is 4.79 Å². The minimum atomic E-state index is -0.421. The maximum Gasteiger partial charge on any atom is 0.410 e. The minimum Gasteiger partial charge on any atom is -0.444 e. The molecule has 0 saturated carbocycles. The first kappa shape index (κ1) is 19.6. The van der Waals surface area contributed by atoms with Gasteiger partial charge in [-0.2, -0.15) is 11.8 Å². The molecule has 0 aromatic carbocycles. The highest BCUT2D eigenvalue weighted by Crippen LogP contribution is 2.30. The van der Waals surface area contributed by atoms with E-state index in [0.29, 0.717) is 10.8 Å². The topological polar surface area (TPSA) is 41.6 Å². The monoisotopic (exact) mass is 330 g/mol. The molecule has 4 nitrogen and oxygen atoms in total. The second-order valence-electron chi connectivity index (χ2n) is 7.24. The first-order chi connectivity index (χ1) is 10.2. The molecule has 0 radical (unpaired) electrons. The number of hydrogen-bond acceptors (Lipinski definition) is 4. The van der Waals surface area contributed by atoms with Crippen molar-refractivity contribution >= 4 is 17.9 Å². The van der Waals surface area contributed by atoms with Crippen LogP contribution in [0.25, 0.3) is 0 Å². The van der Waals surface area contributed by atoms with Gasteiger partial charge >= 0.3 is 6.09 Å². The van der Waals surface area contributed by atoms with Crippen molar-refractivity contribution in [2.24, 2.45) is 0 Å². The normalized spacial score (nSPS) is 20.1. The Kier molecular flexibility index (Phi) is 7.53. The van der Waals surface area contributed by atoms with Crippen molar-refractivity contribution in [3.8, 4) is 0 Å². The lowest BCUT2D eigenvalue weighted by atomic mass is 10.00. The van der Waals surface area contributed by atoms with E-state index in [1.807, 2.05) is 37.4 Å². The quantitative estimate of drug-likeness (QED) is 0.802. The van der Waals surface area contributed by atoms with Crippen LogP contribution in [0.15, 0.2) is 0 Å². The largest absolute Gasteiger partial charge is 0.444 e. The van der Waals surface area contributed by atoms with Crippen molar-refractivity contribution in [1.29, 1.82) is 0 Å². The van der Waals surface area contributed by atoms with Crippen LogP contribution < -0.4 is 5.32 Å². The van der Waals surface area contributed by atoms with E-state index in [-0.39, 0.29) is 6.09 Å². The SMILES string of the molecule is CCC(CC)(CNC1CCCN(C(=O)OC(C)(C)C)C1)SC. The molecule has 1 aliphatic heterocycles. The highest BCUT2D eigenvalue weighted by atomic mass is 32.2. The number of amides is 1. The molecule has 22 heavy (non-hydrogen) atoms. The lowest BCUT2D eigenvalue weighted by Crippen LogP contribution is -2.51. The first-order valence-corrected chi connectivity index (χ1v) is 9.74. The average Bonchev–Trinajstić information content (AvgIpc) is 2.48. The van der Waals surface area contributed by atoms with E-state index < -0.39 is 5.60 Å². The molecular weight excluding hydrogens is 296 g/mol. The number of carbonyl (C=O) groups excluding carboxylic acids is 1. The van der Waals surface area contributed by atoms with E-state index in [1.54, 1.807) is 0 Å². The molecule has 1 unspecified atom stereocenters. The summed E-state index contributed by atoms with van der Waals surface area (Å²) < 4.78 is 5.80. The van der Waals surface area contributed by atoms with E-state index in [2.05, 4.69) is 25.4 Å². The number of ether oxygens (including phenoxy) is 1. The number of nitrogens with one attached hydrogen (secondary N) is 1. The Hall–Kier alpha value is -0.420. The number of carbonyl (C=O) groups is 1. The fourth-order valence-electron chi connectivity index (χ4n) is 2.83. The number of piperidine rings is 1. The van der Waals surface area contributed by atoms with Gasteiger partial charge in [-0.3, -0.25) is 0 Å². The highest BCUT2D eigenvalue weighted by Gasteiger charge is 2.30. The van der Waals surface area contributed by atoms with Crippen molar-refractivity contribution in [2.45, 2.75) is 76.7 Å². The van der Waals surface area contributed by atoms with E-state index in [1.165, 1.54) is 12.8 Å². The van der Waals surface area contributed by atoms with Crippen LogP contribution >= 0.6 is 11.8 Å². The van der Waals surface area contributed by atoms with Crippen molar-refractivity contribution < 1.29 is 9.53 Å². The standard InChI is InChI=1S/C17H34N2O2S/c1-7-17(8-2,22-6)13-18-14-10-9-11-19(12-14)15(20)21-16(3,4)5/h14,18H,7-13H2,1-6H3. The van der Waals surface area contributed by atoms with Gasteiger partial charge in [0.15, 0.2) is 0 Å². The molecule has 1 aliphatic rings. The Balaban J connectivity index is 2.51. The Labute approximate surface area is 140 Å². The molecular formula is C17H34N2O2S. The molecule has 0 bridgehead atoms. The summed E-state index contributed by atoms with van der Waals surface area (Å²) in [5.41, 5.74) is -0.421. The number of likely N-dealkylation sites (tertiary alicyclic amines) is 1. The van der Waals surface area contributed by atoms with E-state index in [0.717, 1.165) is 32.5 Å². The van der Waals surface area contributed by atoms with Gasteiger partial charge in [-0.15, -0.1) is 0 Å². The van der Waals surface area contributed by atoms with E-state index in [4.69, 9.17) is 4.74 Å². The van der Waals surface area contributed by atoms with Crippen LogP contribution in [0.3, 0.4) is 0 Å². The second kappa shape index (κ2) is 8.44. The van der Waals surface area contributed by atoms with Gasteiger partial charge in [-0.1, -0.05) is 13.8 Å².